The maximum atomic E-state index is 8.87. The van der Waals surface area contributed by atoms with E-state index in [1.165, 1.54) is 17.1 Å². The maximum absolute atomic E-state index is 8.87. The van der Waals surface area contributed by atoms with E-state index in [1.54, 1.807) is 0 Å². The van der Waals surface area contributed by atoms with E-state index in [9.17, 15) is 0 Å². The van der Waals surface area contributed by atoms with E-state index in [1.807, 2.05) is 35.7 Å². The summed E-state index contributed by atoms with van der Waals surface area (Å²) in [5.74, 6) is 3.20. The van der Waals surface area contributed by atoms with E-state index in [4.69, 9.17) is 5.26 Å². The Bertz CT molecular complexity index is 471. The predicted molar refractivity (Wildman–Crippen MR) is 86.4 cm³/mol. The van der Waals surface area contributed by atoms with Crippen molar-refractivity contribution < 1.29 is 0 Å². The molecule has 0 saturated carbocycles. The van der Waals surface area contributed by atoms with Gasteiger partial charge < -0.3 is 0 Å². The van der Waals surface area contributed by atoms with Crippen molar-refractivity contribution in [1.29, 1.82) is 5.26 Å². The minimum absolute atomic E-state index is 0.135. The predicted octanol–water partition coefficient (Wildman–Crippen LogP) is 4.87. The molecule has 2 rings (SSSR count). The van der Waals surface area contributed by atoms with Crippen molar-refractivity contribution in [3.8, 4) is 6.07 Å². The van der Waals surface area contributed by atoms with Crippen LogP contribution in [0.4, 0.5) is 0 Å². The minimum atomic E-state index is 0.135. The Morgan fingerprint density at radius 2 is 1.68 bits per heavy atom. The van der Waals surface area contributed by atoms with Gasteiger partial charge in [0.15, 0.2) is 0 Å². The fraction of sp³-hybridized carbons (Fsp3) is 0.562. The van der Waals surface area contributed by atoms with Crippen LogP contribution in [-0.4, -0.2) is 11.5 Å². The first-order valence-electron chi connectivity index (χ1n) is 6.64. The molecule has 102 valence electrons. The lowest BCUT2D eigenvalue weighted by Gasteiger charge is -2.41. The molecule has 0 aromatic heterocycles. The summed E-state index contributed by atoms with van der Waals surface area (Å²) in [6, 6.07) is 10.3. The molecule has 19 heavy (non-hydrogen) atoms. The zero-order valence-electron chi connectivity index (χ0n) is 12.1. The summed E-state index contributed by atoms with van der Waals surface area (Å²) >= 11 is 4.09. The number of hydrogen-bond acceptors (Lipinski definition) is 3. The second-order valence-electron chi connectivity index (χ2n) is 6.32. The van der Waals surface area contributed by atoms with E-state index >= 15 is 0 Å². The Labute approximate surface area is 125 Å². The van der Waals surface area contributed by atoms with Crippen LogP contribution in [0, 0.1) is 22.7 Å². The van der Waals surface area contributed by atoms with E-state index in [0.717, 1.165) is 11.5 Å². The SMILES string of the molecule is CC(C)(C)C1CSC([11CH3])(c2ccc(C#N)cc2)SC1. The lowest BCUT2D eigenvalue weighted by Crippen LogP contribution is -2.32. The Morgan fingerprint density at radius 3 is 2.11 bits per heavy atom. The van der Waals surface area contributed by atoms with Gasteiger partial charge in [-0.3, -0.25) is 0 Å². The highest BCUT2D eigenvalue weighted by molar-refractivity contribution is 8.18. The van der Waals surface area contributed by atoms with Crippen molar-refractivity contribution in [3.05, 3.63) is 35.4 Å². The molecule has 0 N–H and O–H groups in total. The van der Waals surface area contributed by atoms with E-state index in [-0.39, 0.29) is 4.08 Å². The van der Waals surface area contributed by atoms with Crippen LogP contribution < -0.4 is 0 Å². The number of hydrogen-bond donors (Lipinski definition) is 0. The fourth-order valence-corrected chi connectivity index (χ4v) is 5.89. The van der Waals surface area contributed by atoms with Gasteiger partial charge in [-0.05, 0) is 47.5 Å². The van der Waals surface area contributed by atoms with Gasteiger partial charge in [0.2, 0.25) is 0 Å². The van der Waals surface area contributed by atoms with Crippen LogP contribution in [0.2, 0.25) is 0 Å². The van der Waals surface area contributed by atoms with E-state index < -0.39 is 0 Å². The zero-order chi connectivity index (χ0) is 14.1. The van der Waals surface area contributed by atoms with Gasteiger partial charge in [0.25, 0.3) is 0 Å². The third-order valence-corrected chi connectivity index (χ3v) is 7.30. The normalized spacial score (nSPS) is 27.8. The molecule has 0 atom stereocenters. The van der Waals surface area contributed by atoms with Crippen LogP contribution in [0.1, 0.15) is 38.8 Å². The van der Waals surface area contributed by atoms with Crippen LogP contribution >= 0.6 is 23.5 Å². The second kappa shape index (κ2) is 5.42. The van der Waals surface area contributed by atoms with Crippen LogP contribution in [0.25, 0.3) is 0 Å². The van der Waals surface area contributed by atoms with Gasteiger partial charge in [-0.2, -0.15) is 5.26 Å². The number of rotatable bonds is 1. The van der Waals surface area contributed by atoms with Crippen molar-refractivity contribution >= 4 is 23.5 Å². The average molecular weight is 290 g/mol. The number of nitriles is 1. The maximum Gasteiger partial charge on any atom is 0.0991 e. The molecule has 0 radical (unpaired) electrons. The average Bonchev–Trinajstić information content (AvgIpc) is 2.38. The highest BCUT2D eigenvalue weighted by atomic mass is 32.2. The number of benzene rings is 1. The molecule has 3 heteroatoms. The Hall–Kier alpha value is -0.590. The van der Waals surface area contributed by atoms with Gasteiger partial charge in [0, 0.05) is 0 Å². The van der Waals surface area contributed by atoms with E-state index in [0.29, 0.717) is 5.41 Å². The summed E-state index contributed by atoms with van der Waals surface area (Å²) < 4.78 is 0.135. The largest absolute Gasteiger partial charge is 0.192 e. The lowest BCUT2D eigenvalue weighted by molar-refractivity contribution is 0.292. The van der Waals surface area contributed by atoms with Crippen molar-refractivity contribution in [2.45, 2.75) is 31.8 Å². The topological polar surface area (TPSA) is 23.8 Å². The van der Waals surface area contributed by atoms with Gasteiger partial charge in [-0.1, -0.05) is 32.9 Å². The molecule has 1 fully saturated rings. The molecule has 1 aromatic carbocycles. The summed E-state index contributed by atoms with van der Waals surface area (Å²) in [6.45, 7) is 9.32. The first-order chi connectivity index (χ1) is 8.85. The molecule has 0 amide bonds. The molecular weight excluding hydrogens is 269 g/mol. The minimum Gasteiger partial charge on any atom is -0.192 e. The van der Waals surface area contributed by atoms with Gasteiger partial charge in [-0.15, -0.1) is 23.5 Å². The Morgan fingerprint density at radius 1 is 1.16 bits per heavy atom. The third kappa shape index (κ3) is 3.30. The van der Waals surface area contributed by atoms with Crippen molar-refractivity contribution in [2.24, 2.45) is 11.3 Å². The number of thioether (sulfide) groups is 2. The lowest BCUT2D eigenvalue weighted by atomic mass is 9.83. The van der Waals surface area contributed by atoms with Crippen molar-refractivity contribution in [1.82, 2.24) is 0 Å². The molecule has 0 bridgehead atoms. The molecule has 0 aliphatic carbocycles. The first-order valence-corrected chi connectivity index (χ1v) is 8.61. The van der Waals surface area contributed by atoms with Crippen LogP contribution in [-0.2, 0) is 4.08 Å². The summed E-state index contributed by atoms with van der Waals surface area (Å²) in [6.07, 6.45) is 0. The van der Waals surface area contributed by atoms with Crippen LogP contribution in [0.5, 0.6) is 0 Å². The summed E-state index contributed by atoms with van der Waals surface area (Å²) in [7, 11) is 0. The molecule has 0 spiro atoms. The van der Waals surface area contributed by atoms with E-state index in [2.05, 4.69) is 45.9 Å². The quantitative estimate of drug-likeness (QED) is 0.737. The summed E-state index contributed by atoms with van der Waals surface area (Å²) in [4.78, 5) is 0. The molecule has 1 aliphatic rings. The molecule has 1 nitrogen and oxygen atoms in total. The molecule has 1 aliphatic heterocycles. The zero-order valence-corrected chi connectivity index (χ0v) is 13.7. The van der Waals surface area contributed by atoms with Crippen LogP contribution in [0.3, 0.4) is 0 Å². The smallest absolute Gasteiger partial charge is 0.0991 e. The van der Waals surface area contributed by atoms with Crippen molar-refractivity contribution in [2.75, 3.05) is 11.5 Å². The second-order valence-corrected chi connectivity index (χ2v) is 9.46. The monoisotopic (exact) mass is 290 g/mol. The molecule has 1 saturated heterocycles. The van der Waals surface area contributed by atoms with Gasteiger partial charge in [-0.25, -0.2) is 0 Å². The Kier molecular flexibility index (Phi) is 4.23. The van der Waals surface area contributed by atoms with Crippen LogP contribution in [0.15, 0.2) is 24.3 Å². The molecular formula is C16H21NS2. The van der Waals surface area contributed by atoms with Gasteiger partial charge >= 0.3 is 0 Å². The molecule has 1 heterocycles. The fourth-order valence-electron chi connectivity index (χ4n) is 2.12. The van der Waals surface area contributed by atoms with Gasteiger partial charge in [0.1, 0.15) is 0 Å². The highest BCUT2D eigenvalue weighted by Gasteiger charge is 2.37. The van der Waals surface area contributed by atoms with Gasteiger partial charge in [0.05, 0.1) is 15.7 Å². The summed E-state index contributed by atoms with van der Waals surface area (Å²) in [5, 5.41) is 8.87. The first kappa shape index (κ1) is 14.8. The summed E-state index contributed by atoms with van der Waals surface area (Å²) in [5.41, 5.74) is 2.46. The highest BCUT2D eigenvalue weighted by Crippen LogP contribution is 2.53. The standard InChI is InChI=1S/C16H21NS2/c1-15(2,3)14-10-18-16(4,19-11-14)13-7-5-12(9-17)6-8-13/h5-8,14H,10-11H2,1-4H3/i4-1. The molecule has 0 unspecified atom stereocenters. The molecule has 1 aromatic rings. The number of nitrogens with zero attached hydrogens (tertiary/aromatic N) is 1. The third-order valence-electron chi connectivity index (χ3n) is 3.88. The Balaban J connectivity index is 2.11. The van der Waals surface area contributed by atoms with Crippen molar-refractivity contribution in [3.63, 3.8) is 0 Å².